The van der Waals surface area contributed by atoms with Crippen LogP contribution in [0.15, 0.2) is 29.2 Å². The molecule has 2 fully saturated rings. The first-order valence-corrected chi connectivity index (χ1v) is 10.2. The molecule has 9 heteroatoms. The summed E-state index contributed by atoms with van der Waals surface area (Å²) in [5, 5.41) is 5.92. The number of hydrogen-bond donors (Lipinski definition) is 2. The molecule has 1 aromatic rings. The van der Waals surface area contributed by atoms with Crippen LogP contribution in [0.4, 0.5) is 0 Å². The second-order valence-electron chi connectivity index (χ2n) is 6.70. The highest BCUT2D eigenvalue weighted by molar-refractivity contribution is 7.89. The Kier molecular flexibility index (Phi) is 5.31. The Morgan fingerprint density at radius 1 is 1.19 bits per heavy atom. The number of amides is 2. The fourth-order valence-electron chi connectivity index (χ4n) is 3.27. The maximum absolute atomic E-state index is 12.9. The molecule has 2 unspecified atom stereocenters. The van der Waals surface area contributed by atoms with Crippen molar-refractivity contribution in [3.8, 4) is 0 Å². The molecule has 2 saturated heterocycles. The molecule has 2 heterocycles. The summed E-state index contributed by atoms with van der Waals surface area (Å²) in [4.78, 5) is 26.2. The fraction of sp³-hybridized carbons (Fsp3) is 0.529. The van der Waals surface area contributed by atoms with Gasteiger partial charge in [-0.25, -0.2) is 8.42 Å². The SMILES string of the molecule is CC1NCCN(C(=O)c2cccc(S(=O)(=O)N3CCNC(=O)C3)c2)C1C. The Labute approximate surface area is 153 Å². The Morgan fingerprint density at radius 3 is 2.69 bits per heavy atom. The Balaban J connectivity index is 1.86. The molecule has 142 valence electrons. The zero-order valence-electron chi connectivity index (χ0n) is 14.9. The molecule has 0 radical (unpaired) electrons. The van der Waals surface area contributed by atoms with E-state index in [0.29, 0.717) is 18.7 Å². The van der Waals surface area contributed by atoms with Crippen molar-refractivity contribution < 1.29 is 18.0 Å². The number of carbonyl (C=O) groups excluding carboxylic acids is 2. The molecule has 0 aromatic heterocycles. The van der Waals surface area contributed by atoms with Gasteiger partial charge < -0.3 is 15.5 Å². The average Bonchev–Trinajstić information content (AvgIpc) is 2.63. The first-order valence-electron chi connectivity index (χ1n) is 8.72. The third-order valence-corrected chi connectivity index (χ3v) is 6.86. The minimum atomic E-state index is -3.82. The van der Waals surface area contributed by atoms with Crippen molar-refractivity contribution in [2.45, 2.75) is 30.8 Å². The molecule has 0 bridgehead atoms. The van der Waals surface area contributed by atoms with Crippen molar-refractivity contribution in [3.05, 3.63) is 29.8 Å². The zero-order valence-corrected chi connectivity index (χ0v) is 15.8. The van der Waals surface area contributed by atoms with Gasteiger partial charge in [-0.2, -0.15) is 4.31 Å². The highest BCUT2D eigenvalue weighted by Crippen LogP contribution is 2.20. The van der Waals surface area contributed by atoms with Crippen LogP contribution < -0.4 is 10.6 Å². The van der Waals surface area contributed by atoms with Crippen LogP contribution >= 0.6 is 0 Å². The van der Waals surface area contributed by atoms with Crippen LogP contribution in [-0.4, -0.2) is 74.2 Å². The van der Waals surface area contributed by atoms with Gasteiger partial charge in [0.25, 0.3) is 5.91 Å². The van der Waals surface area contributed by atoms with E-state index in [4.69, 9.17) is 0 Å². The van der Waals surface area contributed by atoms with Crippen LogP contribution in [0.1, 0.15) is 24.2 Å². The summed E-state index contributed by atoms with van der Waals surface area (Å²) in [7, 11) is -3.82. The molecule has 3 rings (SSSR count). The molecular formula is C17H24N4O4S. The number of piperazine rings is 2. The van der Waals surface area contributed by atoms with Crippen molar-refractivity contribution >= 4 is 21.8 Å². The Morgan fingerprint density at radius 2 is 1.96 bits per heavy atom. The van der Waals surface area contributed by atoms with Crippen LogP contribution in [0, 0.1) is 0 Å². The lowest BCUT2D eigenvalue weighted by atomic mass is 10.1. The molecule has 2 amide bonds. The topological polar surface area (TPSA) is 98.8 Å². The van der Waals surface area contributed by atoms with Crippen molar-refractivity contribution in [1.82, 2.24) is 19.8 Å². The van der Waals surface area contributed by atoms with Gasteiger partial charge in [-0.05, 0) is 32.0 Å². The summed E-state index contributed by atoms with van der Waals surface area (Å²) in [6, 6.07) is 6.25. The lowest BCUT2D eigenvalue weighted by Gasteiger charge is -2.38. The van der Waals surface area contributed by atoms with Gasteiger partial charge in [-0.15, -0.1) is 0 Å². The van der Waals surface area contributed by atoms with E-state index in [2.05, 4.69) is 10.6 Å². The molecule has 0 aliphatic carbocycles. The lowest BCUT2D eigenvalue weighted by Crippen LogP contribution is -2.57. The predicted octanol–water partition coefficient (Wildman–Crippen LogP) is -0.370. The normalized spacial score (nSPS) is 25.0. The summed E-state index contributed by atoms with van der Waals surface area (Å²) < 4.78 is 26.8. The maximum atomic E-state index is 12.9. The number of rotatable bonds is 3. The van der Waals surface area contributed by atoms with E-state index < -0.39 is 10.0 Å². The third kappa shape index (κ3) is 3.60. The Hall–Kier alpha value is -1.97. The van der Waals surface area contributed by atoms with Crippen LogP contribution in [0.25, 0.3) is 0 Å². The third-order valence-electron chi connectivity index (χ3n) is 5.02. The van der Waals surface area contributed by atoms with E-state index in [-0.39, 0.29) is 48.4 Å². The predicted molar refractivity (Wildman–Crippen MR) is 96.2 cm³/mol. The van der Waals surface area contributed by atoms with Crippen molar-refractivity contribution in [3.63, 3.8) is 0 Å². The van der Waals surface area contributed by atoms with Gasteiger partial charge in [-0.1, -0.05) is 6.07 Å². The molecular weight excluding hydrogens is 356 g/mol. The summed E-state index contributed by atoms with van der Waals surface area (Å²) in [5.74, 6) is -0.505. The molecule has 2 aliphatic rings. The number of benzene rings is 1. The highest BCUT2D eigenvalue weighted by Gasteiger charge is 2.32. The van der Waals surface area contributed by atoms with Crippen molar-refractivity contribution in [1.29, 1.82) is 0 Å². The maximum Gasteiger partial charge on any atom is 0.254 e. The smallest absolute Gasteiger partial charge is 0.254 e. The summed E-state index contributed by atoms with van der Waals surface area (Å²) in [6.07, 6.45) is 0. The molecule has 0 spiro atoms. The number of hydrogen-bond acceptors (Lipinski definition) is 5. The van der Waals surface area contributed by atoms with Gasteiger partial charge in [0, 0.05) is 43.8 Å². The molecule has 2 aliphatic heterocycles. The Bertz CT molecular complexity index is 811. The molecule has 26 heavy (non-hydrogen) atoms. The van der Waals surface area contributed by atoms with E-state index in [1.54, 1.807) is 17.0 Å². The quantitative estimate of drug-likeness (QED) is 0.746. The van der Waals surface area contributed by atoms with Crippen LogP contribution in [0.3, 0.4) is 0 Å². The number of sulfonamides is 1. The molecule has 2 atom stereocenters. The summed E-state index contributed by atoms with van der Waals surface area (Å²) in [5.41, 5.74) is 0.341. The fourth-order valence-corrected chi connectivity index (χ4v) is 4.71. The van der Waals surface area contributed by atoms with Crippen LogP contribution in [0.2, 0.25) is 0 Å². The molecule has 8 nitrogen and oxygen atoms in total. The number of carbonyl (C=O) groups is 2. The molecule has 0 saturated carbocycles. The highest BCUT2D eigenvalue weighted by atomic mass is 32.2. The summed E-state index contributed by atoms with van der Waals surface area (Å²) >= 11 is 0. The average molecular weight is 380 g/mol. The lowest BCUT2D eigenvalue weighted by molar-refractivity contribution is -0.122. The van der Waals surface area contributed by atoms with Crippen LogP contribution in [0.5, 0.6) is 0 Å². The minimum absolute atomic E-state index is 0.0160. The second kappa shape index (κ2) is 7.34. The summed E-state index contributed by atoms with van der Waals surface area (Å²) in [6.45, 7) is 5.58. The van der Waals surface area contributed by atoms with E-state index in [1.165, 1.54) is 12.1 Å². The molecule has 2 N–H and O–H groups in total. The van der Waals surface area contributed by atoms with Gasteiger partial charge in [0.15, 0.2) is 0 Å². The van der Waals surface area contributed by atoms with E-state index >= 15 is 0 Å². The van der Waals surface area contributed by atoms with Gasteiger partial charge in [0.2, 0.25) is 15.9 Å². The monoisotopic (exact) mass is 380 g/mol. The first-order chi connectivity index (χ1) is 12.3. The van der Waals surface area contributed by atoms with Gasteiger partial charge in [0.05, 0.1) is 11.4 Å². The van der Waals surface area contributed by atoms with E-state index in [9.17, 15) is 18.0 Å². The van der Waals surface area contributed by atoms with Crippen molar-refractivity contribution in [2.24, 2.45) is 0 Å². The minimum Gasteiger partial charge on any atom is -0.354 e. The van der Waals surface area contributed by atoms with Crippen LogP contribution in [-0.2, 0) is 14.8 Å². The van der Waals surface area contributed by atoms with E-state index in [0.717, 1.165) is 4.31 Å². The van der Waals surface area contributed by atoms with Crippen molar-refractivity contribution in [2.75, 3.05) is 32.7 Å². The van der Waals surface area contributed by atoms with Gasteiger partial charge >= 0.3 is 0 Å². The largest absolute Gasteiger partial charge is 0.354 e. The van der Waals surface area contributed by atoms with E-state index in [1.807, 2.05) is 13.8 Å². The molecule has 1 aromatic carbocycles. The number of nitrogens with one attached hydrogen (secondary N) is 2. The van der Waals surface area contributed by atoms with Gasteiger partial charge in [0.1, 0.15) is 0 Å². The first kappa shape index (κ1) is 18.8. The number of nitrogens with zero attached hydrogens (tertiary/aromatic N) is 2. The zero-order chi connectivity index (χ0) is 18.9. The standard InChI is InChI=1S/C17H24N4O4S/c1-12-13(2)21(9-7-18-12)17(23)14-4-3-5-15(10-14)26(24,25)20-8-6-19-16(22)11-20/h3-5,10,12-13,18H,6-9,11H2,1-2H3,(H,19,22). The van der Waals surface area contributed by atoms with Gasteiger partial charge in [-0.3, -0.25) is 9.59 Å². The second-order valence-corrected chi connectivity index (χ2v) is 8.64.